The molecular formula is C32H41N3O5. The molecule has 1 aromatic heterocycles. The number of hydrogen-bond acceptors (Lipinski definition) is 5. The maximum Gasteiger partial charge on any atom is 0.347 e. The fraction of sp³-hybridized carbons (Fsp3) is 0.438. The third-order valence-corrected chi connectivity index (χ3v) is 6.87. The van der Waals surface area contributed by atoms with Crippen molar-refractivity contribution >= 4 is 11.9 Å². The van der Waals surface area contributed by atoms with E-state index in [1.165, 1.54) is 13.8 Å². The Bertz CT molecular complexity index is 1320. The Balaban J connectivity index is 1.79. The molecule has 0 bridgehead atoms. The lowest BCUT2D eigenvalue weighted by atomic mass is 10.1. The first kappa shape index (κ1) is 30.6. The number of unbranched alkanes of at least 4 members (excludes halogenated alkanes) is 4. The van der Waals surface area contributed by atoms with Crippen molar-refractivity contribution < 1.29 is 19.4 Å². The van der Waals surface area contributed by atoms with Gasteiger partial charge in [-0.1, -0.05) is 69.9 Å². The monoisotopic (exact) mass is 547 g/mol. The zero-order chi connectivity index (χ0) is 29.1. The number of carboxylic acid groups (broad SMARTS) is 1. The SMILES string of the molecule is CCCCCCCN(CCn1c(CC)nc(-c2ccccc2)cc1=O)C(=O)c1ccc(OC(C)(C)C(=O)O)cc1. The summed E-state index contributed by atoms with van der Waals surface area (Å²) in [5.74, 6) is -0.155. The maximum absolute atomic E-state index is 13.6. The second-order valence-electron chi connectivity index (χ2n) is 10.4. The van der Waals surface area contributed by atoms with E-state index in [0.717, 1.165) is 37.7 Å². The fourth-order valence-electron chi connectivity index (χ4n) is 4.45. The van der Waals surface area contributed by atoms with E-state index in [1.54, 1.807) is 39.8 Å². The molecule has 1 heterocycles. The molecule has 0 atom stereocenters. The molecule has 214 valence electrons. The minimum atomic E-state index is -1.38. The highest BCUT2D eigenvalue weighted by atomic mass is 16.5. The number of carbonyl (C=O) groups excluding carboxylic acids is 1. The summed E-state index contributed by atoms with van der Waals surface area (Å²) in [6.07, 6.45) is 5.92. The Morgan fingerprint density at radius 1 is 0.950 bits per heavy atom. The van der Waals surface area contributed by atoms with Crippen molar-refractivity contribution in [2.24, 2.45) is 0 Å². The average molecular weight is 548 g/mol. The molecule has 0 fully saturated rings. The Morgan fingerprint density at radius 3 is 2.25 bits per heavy atom. The van der Waals surface area contributed by atoms with E-state index >= 15 is 0 Å². The first-order chi connectivity index (χ1) is 19.2. The van der Waals surface area contributed by atoms with Crippen molar-refractivity contribution in [3.63, 3.8) is 0 Å². The summed E-state index contributed by atoms with van der Waals surface area (Å²) in [5, 5.41) is 9.32. The molecule has 40 heavy (non-hydrogen) atoms. The molecule has 0 aliphatic carbocycles. The molecule has 0 spiro atoms. The van der Waals surface area contributed by atoms with Crippen LogP contribution in [0.25, 0.3) is 11.3 Å². The van der Waals surface area contributed by atoms with E-state index < -0.39 is 11.6 Å². The second-order valence-corrected chi connectivity index (χ2v) is 10.4. The summed E-state index contributed by atoms with van der Waals surface area (Å²) in [4.78, 5) is 44.6. The van der Waals surface area contributed by atoms with Crippen LogP contribution in [0.15, 0.2) is 65.5 Å². The number of ether oxygens (including phenoxy) is 1. The Labute approximate surface area is 236 Å². The maximum atomic E-state index is 13.6. The summed E-state index contributed by atoms with van der Waals surface area (Å²) in [7, 11) is 0. The predicted molar refractivity (Wildman–Crippen MR) is 157 cm³/mol. The molecule has 2 aromatic carbocycles. The van der Waals surface area contributed by atoms with Crippen LogP contribution in [0.5, 0.6) is 5.75 Å². The van der Waals surface area contributed by atoms with Gasteiger partial charge in [-0.15, -0.1) is 0 Å². The number of hydrogen-bond donors (Lipinski definition) is 1. The molecule has 8 heteroatoms. The summed E-state index contributed by atoms with van der Waals surface area (Å²) >= 11 is 0. The van der Waals surface area contributed by atoms with Crippen LogP contribution in [-0.2, 0) is 17.8 Å². The molecule has 0 unspecified atom stereocenters. The summed E-state index contributed by atoms with van der Waals surface area (Å²) in [6.45, 7) is 8.39. The van der Waals surface area contributed by atoms with Gasteiger partial charge in [-0.3, -0.25) is 14.2 Å². The molecule has 0 aliphatic heterocycles. The van der Waals surface area contributed by atoms with Gasteiger partial charge in [-0.2, -0.15) is 0 Å². The molecule has 1 N–H and O–H groups in total. The number of carboxylic acids is 1. The highest BCUT2D eigenvalue weighted by Crippen LogP contribution is 2.21. The van der Waals surface area contributed by atoms with Crippen LogP contribution in [0.3, 0.4) is 0 Å². The number of aliphatic carboxylic acids is 1. The lowest BCUT2D eigenvalue weighted by Crippen LogP contribution is -2.38. The number of rotatable bonds is 15. The summed E-state index contributed by atoms with van der Waals surface area (Å²) in [5.41, 5.74) is 0.503. The Kier molecular flexibility index (Phi) is 11.1. The number of aryl methyl sites for hydroxylation is 1. The van der Waals surface area contributed by atoms with Crippen LogP contribution in [0.4, 0.5) is 0 Å². The molecular weight excluding hydrogens is 506 g/mol. The van der Waals surface area contributed by atoms with Crippen LogP contribution in [0, 0.1) is 0 Å². The number of amides is 1. The van der Waals surface area contributed by atoms with Gasteiger partial charge in [0.1, 0.15) is 11.6 Å². The molecule has 3 aromatic rings. The Hall–Kier alpha value is -3.94. The topological polar surface area (TPSA) is 102 Å². The molecule has 1 amide bonds. The van der Waals surface area contributed by atoms with E-state index in [9.17, 15) is 19.5 Å². The summed E-state index contributed by atoms with van der Waals surface area (Å²) in [6, 6.07) is 17.7. The van der Waals surface area contributed by atoms with E-state index in [4.69, 9.17) is 9.72 Å². The largest absolute Gasteiger partial charge is 0.478 e. The lowest BCUT2D eigenvalue weighted by molar-refractivity contribution is -0.152. The first-order valence-electron chi connectivity index (χ1n) is 14.1. The van der Waals surface area contributed by atoms with Crippen LogP contribution < -0.4 is 10.3 Å². The fourth-order valence-corrected chi connectivity index (χ4v) is 4.45. The van der Waals surface area contributed by atoms with E-state index in [1.807, 2.05) is 37.3 Å². The lowest BCUT2D eigenvalue weighted by Gasteiger charge is -2.25. The van der Waals surface area contributed by atoms with Gasteiger partial charge in [0, 0.05) is 43.2 Å². The van der Waals surface area contributed by atoms with Crippen molar-refractivity contribution in [3.05, 3.63) is 82.4 Å². The van der Waals surface area contributed by atoms with Crippen molar-refractivity contribution in [2.45, 2.75) is 78.4 Å². The molecule has 8 nitrogen and oxygen atoms in total. The highest BCUT2D eigenvalue weighted by Gasteiger charge is 2.29. The van der Waals surface area contributed by atoms with Crippen molar-refractivity contribution in [2.75, 3.05) is 13.1 Å². The van der Waals surface area contributed by atoms with Gasteiger partial charge in [-0.05, 0) is 44.5 Å². The summed E-state index contributed by atoms with van der Waals surface area (Å²) < 4.78 is 7.24. The molecule has 3 rings (SSSR count). The van der Waals surface area contributed by atoms with Crippen LogP contribution >= 0.6 is 0 Å². The van der Waals surface area contributed by atoms with Crippen molar-refractivity contribution in [1.29, 1.82) is 0 Å². The third-order valence-electron chi connectivity index (χ3n) is 6.87. The number of aromatic nitrogens is 2. The number of benzene rings is 2. The molecule has 0 radical (unpaired) electrons. The average Bonchev–Trinajstić information content (AvgIpc) is 2.95. The Morgan fingerprint density at radius 2 is 1.62 bits per heavy atom. The van der Waals surface area contributed by atoms with Crippen LogP contribution in [0.1, 0.15) is 76.0 Å². The smallest absolute Gasteiger partial charge is 0.347 e. The normalized spacial score (nSPS) is 11.3. The minimum Gasteiger partial charge on any atom is -0.478 e. The third kappa shape index (κ3) is 8.28. The number of nitrogens with zero attached hydrogens (tertiary/aromatic N) is 3. The zero-order valence-electron chi connectivity index (χ0n) is 24.1. The van der Waals surface area contributed by atoms with Gasteiger partial charge < -0.3 is 14.7 Å². The van der Waals surface area contributed by atoms with Crippen molar-refractivity contribution in [3.8, 4) is 17.0 Å². The minimum absolute atomic E-state index is 0.136. The van der Waals surface area contributed by atoms with Gasteiger partial charge in [-0.25, -0.2) is 9.78 Å². The van der Waals surface area contributed by atoms with Gasteiger partial charge in [0.15, 0.2) is 5.60 Å². The van der Waals surface area contributed by atoms with E-state index in [0.29, 0.717) is 48.9 Å². The second kappa shape index (κ2) is 14.4. The molecule has 0 saturated heterocycles. The van der Waals surface area contributed by atoms with Crippen molar-refractivity contribution in [1.82, 2.24) is 14.5 Å². The first-order valence-corrected chi connectivity index (χ1v) is 14.1. The van der Waals surface area contributed by atoms with Gasteiger partial charge in [0.2, 0.25) is 0 Å². The molecule has 0 saturated carbocycles. The quantitative estimate of drug-likeness (QED) is 0.240. The van der Waals surface area contributed by atoms with Gasteiger partial charge >= 0.3 is 5.97 Å². The van der Waals surface area contributed by atoms with Crippen LogP contribution in [0.2, 0.25) is 0 Å². The zero-order valence-corrected chi connectivity index (χ0v) is 24.1. The highest BCUT2D eigenvalue weighted by molar-refractivity contribution is 5.94. The van der Waals surface area contributed by atoms with E-state index in [-0.39, 0.29) is 11.5 Å². The van der Waals surface area contributed by atoms with Crippen LogP contribution in [-0.4, -0.2) is 50.1 Å². The number of carbonyl (C=O) groups is 2. The van der Waals surface area contributed by atoms with Gasteiger partial charge in [0.05, 0.1) is 5.69 Å². The standard InChI is InChI=1S/C32H41N3O5/c1-5-7-8-9-13-20-34(30(37)25-16-18-26(19-17-25)40-32(3,4)31(38)39)21-22-35-28(6-2)33-27(23-29(35)36)24-14-11-10-12-15-24/h10-12,14-19,23H,5-9,13,20-22H2,1-4H3,(H,38,39). The molecule has 0 aliphatic rings. The van der Waals surface area contributed by atoms with E-state index in [2.05, 4.69) is 6.92 Å². The predicted octanol–water partition coefficient (Wildman–Crippen LogP) is 5.83. The van der Waals surface area contributed by atoms with Gasteiger partial charge in [0.25, 0.3) is 11.5 Å².